The van der Waals surface area contributed by atoms with E-state index in [-0.39, 0.29) is 6.04 Å². The summed E-state index contributed by atoms with van der Waals surface area (Å²) in [5.74, 6) is 1.88. The highest BCUT2D eigenvalue weighted by Gasteiger charge is 2.09. The Balaban J connectivity index is 2.10. The first-order valence-electron chi connectivity index (χ1n) is 5.39. The number of rotatable bonds is 3. The molecule has 1 atom stereocenters. The van der Waals surface area contributed by atoms with E-state index in [9.17, 15) is 0 Å². The molecule has 0 fully saturated rings. The van der Waals surface area contributed by atoms with Gasteiger partial charge >= 0.3 is 0 Å². The van der Waals surface area contributed by atoms with Crippen molar-refractivity contribution in [1.82, 2.24) is 4.98 Å². The van der Waals surface area contributed by atoms with Crippen molar-refractivity contribution < 1.29 is 4.42 Å². The summed E-state index contributed by atoms with van der Waals surface area (Å²) in [6.45, 7) is 6.05. The normalized spacial score (nSPS) is 12.4. The Bertz CT molecular complexity index is 476. The lowest BCUT2D eigenvalue weighted by Crippen LogP contribution is -2.05. The maximum Gasteiger partial charge on any atom is 0.126 e. The number of anilines is 1. The number of aromatic nitrogens is 1. The van der Waals surface area contributed by atoms with Crippen molar-refractivity contribution in [1.29, 1.82) is 0 Å². The second kappa shape index (κ2) is 4.39. The predicted octanol–water partition coefficient (Wildman–Crippen LogP) is 3.46. The van der Waals surface area contributed by atoms with Gasteiger partial charge in [-0.2, -0.15) is 0 Å². The Kier molecular flexibility index (Phi) is 2.95. The molecule has 0 aliphatic rings. The number of hydrogen-bond donors (Lipinski definition) is 1. The third-order valence-corrected chi connectivity index (χ3v) is 2.45. The van der Waals surface area contributed by atoms with E-state index in [1.54, 1.807) is 0 Å². The van der Waals surface area contributed by atoms with Crippen LogP contribution in [0.15, 0.2) is 35.0 Å². The molecule has 1 unspecified atom stereocenters. The molecule has 2 aromatic rings. The van der Waals surface area contributed by atoms with Crippen LogP contribution >= 0.6 is 0 Å². The monoisotopic (exact) mass is 216 g/mol. The van der Waals surface area contributed by atoms with E-state index in [2.05, 4.69) is 23.3 Å². The lowest BCUT2D eigenvalue weighted by molar-refractivity contribution is 0.467. The van der Waals surface area contributed by atoms with Crippen molar-refractivity contribution in [3.63, 3.8) is 0 Å². The van der Waals surface area contributed by atoms with Gasteiger partial charge in [0.15, 0.2) is 0 Å². The summed E-state index contributed by atoms with van der Waals surface area (Å²) in [5, 5.41) is 3.36. The Morgan fingerprint density at radius 1 is 1.25 bits per heavy atom. The van der Waals surface area contributed by atoms with Gasteiger partial charge in [-0.15, -0.1) is 0 Å². The highest BCUT2D eigenvalue weighted by molar-refractivity contribution is 5.44. The first kappa shape index (κ1) is 10.7. The molecule has 16 heavy (non-hydrogen) atoms. The maximum absolute atomic E-state index is 5.56. The molecule has 0 spiro atoms. The van der Waals surface area contributed by atoms with E-state index in [4.69, 9.17) is 4.42 Å². The van der Waals surface area contributed by atoms with E-state index < -0.39 is 0 Å². The minimum atomic E-state index is 0.150. The highest BCUT2D eigenvalue weighted by atomic mass is 16.3. The molecule has 0 aliphatic heterocycles. The van der Waals surface area contributed by atoms with E-state index in [1.807, 2.05) is 38.4 Å². The van der Waals surface area contributed by atoms with Gasteiger partial charge in [0.05, 0.1) is 11.7 Å². The second-order valence-electron chi connectivity index (χ2n) is 4.07. The summed E-state index contributed by atoms with van der Waals surface area (Å²) >= 11 is 0. The van der Waals surface area contributed by atoms with Crippen LogP contribution in [0.4, 0.5) is 5.69 Å². The SMILES string of the molecule is Cc1cncc(NC(C)c2ccc(C)o2)c1. The summed E-state index contributed by atoms with van der Waals surface area (Å²) in [5.41, 5.74) is 2.16. The van der Waals surface area contributed by atoms with Gasteiger partial charge in [-0.3, -0.25) is 4.98 Å². The van der Waals surface area contributed by atoms with Gasteiger partial charge < -0.3 is 9.73 Å². The summed E-state index contributed by atoms with van der Waals surface area (Å²) < 4.78 is 5.56. The molecule has 0 bridgehead atoms. The van der Waals surface area contributed by atoms with Crippen LogP contribution in [-0.2, 0) is 0 Å². The Morgan fingerprint density at radius 3 is 2.69 bits per heavy atom. The quantitative estimate of drug-likeness (QED) is 0.853. The van der Waals surface area contributed by atoms with Gasteiger partial charge in [0.1, 0.15) is 11.5 Å². The topological polar surface area (TPSA) is 38.1 Å². The van der Waals surface area contributed by atoms with E-state index in [0.717, 1.165) is 22.8 Å². The van der Waals surface area contributed by atoms with Crippen molar-refractivity contribution in [3.8, 4) is 0 Å². The molecule has 84 valence electrons. The van der Waals surface area contributed by atoms with Crippen LogP contribution in [0.3, 0.4) is 0 Å². The zero-order valence-electron chi connectivity index (χ0n) is 9.82. The number of pyridine rings is 1. The molecule has 3 heteroatoms. The van der Waals surface area contributed by atoms with E-state index in [1.165, 1.54) is 0 Å². The van der Waals surface area contributed by atoms with Crippen LogP contribution in [0.5, 0.6) is 0 Å². The minimum absolute atomic E-state index is 0.150. The highest BCUT2D eigenvalue weighted by Crippen LogP contribution is 2.20. The van der Waals surface area contributed by atoms with Gasteiger partial charge in [0.25, 0.3) is 0 Å². The van der Waals surface area contributed by atoms with Gasteiger partial charge in [-0.1, -0.05) is 0 Å². The summed E-state index contributed by atoms with van der Waals surface area (Å²) in [7, 11) is 0. The van der Waals surface area contributed by atoms with Crippen LogP contribution in [0.2, 0.25) is 0 Å². The molecule has 0 amide bonds. The van der Waals surface area contributed by atoms with Crippen molar-refractivity contribution in [2.45, 2.75) is 26.8 Å². The molecule has 3 nitrogen and oxygen atoms in total. The van der Waals surface area contributed by atoms with Crippen LogP contribution in [-0.4, -0.2) is 4.98 Å². The fourth-order valence-corrected chi connectivity index (χ4v) is 1.64. The number of nitrogens with zero attached hydrogens (tertiary/aromatic N) is 1. The molecule has 0 aliphatic carbocycles. The van der Waals surface area contributed by atoms with Crippen molar-refractivity contribution in [2.24, 2.45) is 0 Å². The largest absolute Gasteiger partial charge is 0.464 e. The Morgan fingerprint density at radius 2 is 2.06 bits per heavy atom. The van der Waals surface area contributed by atoms with Gasteiger partial charge in [-0.25, -0.2) is 0 Å². The molecule has 1 N–H and O–H groups in total. The molecule has 2 rings (SSSR count). The lowest BCUT2D eigenvalue weighted by atomic mass is 10.2. The van der Waals surface area contributed by atoms with Crippen molar-refractivity contribution in [3.05, 3.63) is 47.7 Å². The number of furan rings is 1. The number of nitrogens with one attached hydrogen (secondary N) is 1. The average molecular weight is 216 g/mol. The van der Waals surface area contributed by atoms with Crippen LogP contribution < -0.4 is 5.32 Å². The fourth-order valence-electron chi connectivity index (χ4n) is 1.64. The zero-order chi connectivity index (χ0) is 11.5. The third kappa shape index (κ3) is 2.42. The molecule has 2 aromatic heterocycles. The molecule has 2 heterocycles. The number of aryl methyl sites for hydroxylation is 2. The lowest BCUT2D eigenvalue weighted by Gasteiger charge is -2.12. The van der Waals surface area contributed by atoms with Crippen LogP contribution in [0.1, 0.15) is 30.0 Å². The summed E-state index contributed by atoms with van der Waals surface area (Å²) in [4.78, 5) is 4.14. The molecule has 0 radical (unpaired) electrons. The van der Waals surface area contributed by atoms with Crippen molar-refractivity contribution >= 4 is 5.69 Å². The second-order valence-corrected chi connectivity index (χ2v) is 4.07. The third-order valence-electron chi connectivity index (χ3n) is 2.45. The average Bonchev–Trinajstić information content (AvgIpc) is 2.65. The van der Waals surface area contributed by atoms with E-state index >= 15 is 0 Å². The maximum atomic E-state index is 5.56. The van der Waals surface area contributed by atoms with Crippen LogP contribution in [0, 0.1) is 13.8 Å². The smallest absolute Gasteiger partial charge is 0.126 e. The van der Waals surface area contributed by atoms with Gasteiger partial charge in [0.2, 0.25) is 0 Å². The predicted molar refractivity (Wildman–Crippen MR) is 64.5 cm³/mol. The Hall–Kier alpha value is -1.77. The minimum Gasteiger partial charge on any atom is -0.464 e. The standard InChI is InChI=1S/C13H16N2O/c1-9-6-12(8-14-7-9)15-11(3)13-5-4-10(2)16-13/h4-8,11,15H,1-3H3. The Labute approximate surface area is 95.5 Å². The molecule has 0 aromatic carbocycles. The summed E-state index contributed by atoms with van der Waals surface area (Å²) in [6, 6.07) is 6.19. The van der Waals surface area contributed by atoms with Crippen molar-refractivity contribution in [2.75, 3.05) is 5.32 Å². The molecule has 0 saturated carbocycles. The number of hydrogen-bond acceptors (Lipinski definition) is 3. The van der Waals surface area contributed by atoms with Gasteiger partial charge in [-0.05, 0) is 44.5 Å². The first-order chi connectivity index (χ1) is 7.65. The molecular weight excluding hydrogens is 200 g/mol. The fraction of sp³-hybridized carbons (Fsp3) is 0.308. The van der Waals surface area contributed by atoms with Gasteiger partial charge in [0, 0.05) is 12.4 Å². The van der Waals surface area contributed by atoms with Crippen LogP contribution in [0.25, 0.3) is 0 Å². The first-order valence-corrected chi connectivity index (χ1v) is 5.39. The molecular formula is C13H16N2O. The summed E-state index contributed by atoms with van der Waals surface area (Å²) in [6.07, 6.45) is 3.66. The zero-order valence-corrected chi connectivity index (χ0v) is 9.82. The molecule has 0 saturated heterocycles. The van der Waals surface area contributed by atoms with E-state index in [0.29, 0.717) is 0 Å².